The minimum atomic E-state index is -0.0115. The molecule has 23 heavy (non-hydrogen) atoms. The molecule has 3 aliphatic rings. The van der Waals surface area contributed by atoms with Crippen LogP contribution >= 0.6 is 0 Å². The van der Waals surface area contributed by atoms with Gasteiger partial charge in [0.25, 0.3) is 0 Å². The topological polar surface area (TPSA) is 77.2 Å². The van der Waals surface area contributed by atoms with E-state index >= 15 is 0 Å². The highest BCUT2D eigenvalue weighted by Crippen LogP contribution is 2.17. The van der Waals surface area contributed by atoms with Crippen LogP contribution in [0.25, 0.3) is 0 Å². The molecular weight excluding hydrogens is 298 g/mol. The highest BCUT2D eigenvalue weighted by molar-refractivity contribution is 5.77. The maximum Gasteiger partial charge on any atom is 0.317 e. The van der Waals surface area contributed by atoms with Crippen LogP contribution in [-0.4, -0.2) is 98.4 Å². The molecule has 3 fully saturated rings. The Morgan fingerprint density at radius 1 is 1.26 bits per heavy atom. The van der Waals surface area contributed by atoms with Gasteiger partial charge in [0.15, 0.2) is 0 Å². The summed E-state index contributed by atoms with van der Waals surface area (Å²) in [5.41, 5.74) is 0. The molecule has 0 aliphatic carbocycles. The monoisotopic (exact) mass is 325 g/mol. The van der Waals surface area contributed by atoms with Gasteiger partial charge in [-0.3, -0.25) is 4.90 Å². The number of morpholine rings is 1. The number of likely N-dealkylation sites (tertiary alicyclic amines) is 1. The SMILES string of the molecule is O=C(NCCN1CCOCC1)N1CCCC(N2CCNC2=O)C1. The maximum atomic E-state index is 12.3. The summed E-state index contributed by atoms with van der Waals surface area (Å²) in [7, 11) is 0. The average molecular weight is 325 g/mol. The number of hydrogen-bond donors (Lipinski definition) is 2. The van der Waals surface area contributed by atoms with E-state index in [1.165, 1.54) is 0 Å². The van der Waals surface area contributed by atoms with Crippen molar-refractivity contribution in [1.82, 2.24) is 25.3 Å². The molecule has 3 aliphatic heterocycles. The van der Waals surface area contributed by atoms with Crippen LogP contribution in [0, 0.1) is 0 Å². The number of ether oxygens (including phenoxy) is 1. The van der Waals surface area contributed by atoms with E-state index in [1.807, 2.05) is 9.80 Å². The maximum absolute atomic E-state index is 12.3. The van der Waals surface area contributed by atoms with Crippen LogP contribution in [0.4, 0.5) is 9.59 Å². The summed E-state index contributed by atoms with van der Waals surface area (Å²) in [6.07, 6.45) is 1.93. The Morgan fingerprint density at radius 3 is 2.83 bits per heavy atom. The first-order valence-corrected chi connectivity index (χ1v) is 8.61. The summed E-state index contributed by atoms with van der Waals surface area (Å²) < 4.78 is 5.32. The van der Waals surface area contributed by atoms with Gasteiger partial charge in [0, 0.05) is 52.4 Å². The zero-order valence-corrected chi connectivity index (χ0v) is 13.6. The Balaban J connectivity index is 1.40. The molecular formula is C15H27N5O3. The third-order valence-corrected chi connectivity index (χ3v) is 4.82. The zero-order chi connectivity index (χ0) is 16.1. The third-order valence-electron chi connectivity index (χ3n) is 4.82. The summed E-state index contributed by atoms with van der Waals surface area (Å²) in [5.74, 6) is 0. The number of hydrogen-bond acceptors (Lipinski definition) is 4. The molecule has 0 aromatic carbocycles. The minimum Gasteiger partial charge on any atom is -0.379 e. The number of carbonyl (C=O) groups excluding carboxylic acids is 2. The van der Waals surface area contributed by atoms with E-state index in [-0.39, 0.29) is 18.1 Å². The van der Waals surface area contributed by atoms with Crippen LogP contribution in [0.3, 0.4) is 0 Å². The molecule has 4 amide bonds. The molecule has 0 bridgehead atoms. The predicted molar refractivity (Wildman–Crippen MR) is 85.4 cm³/mol. The van der Waals surface area contributed by atoms with Crippen molar-refractivity contribution < 1.29 is 14.3 Å². The normalized spacial score (nSPS) is 26.3. The van der Waals surface area contributed by atoms with Crippen molar-refractivity contribution in [3.8, 4) is 0 Å². The zero-order valence-electron chi connectivity index (χ0n) is 13.6. The van der Waals surface area contributed by atoms with Crippen molar-refractivity contribution >= 4 is 12.1 Å². The van der Waals surface area contributed by atoms with Gasteiger partial charge < -0.3 is 25.2 Å². The Hall–Kier alpha value is -1.54. The lowest BCUT2D eigenvalue weighted by Gasteiger charge is -2.37. The standard InChI is InChI=1S/C15H27N5O3/c21-14(16-3-6-18-8-10-23-11-9-18)19-5-1-2-13(12-19)20-7-4-17-15(20)22/h13H,1-12H2,(H,16,21)(H,17,22). The molecule has 0 radical (unpaired) electrons. The fourth-order valence-corrected chi connectivity index (χ4v) is 3.49. The van der Waals surface area contributed by atoms with E-state index in [2.05, 4.69) is 15.5 Å². The Labute approximate surface area is 137 Å². The van der Waals surface area contributed by atoms with Gasteiger partial charge in [-0.25, -0.2) is 9.59 Å². The summed E-state index contributed by atoms with van der Waals surface area (Å²) >= 11 is 0. The van der Waals surface area contributed by atoms with Crippen LogP contribution < -0.4 is 10.6 Å². The Bertz CT molecular complexity index is 427. The van der Waals surface area contributed by atoms with E-state index in [0.717, 1.165) is 58.8 Å². The highest BCUT2D eigenvalue weighted by atomic mass is 16.5. The first-order chi connectivity index (χ1) is 11.2. The van der Waals surface area contributed by atoms with Crippen molar-refractivity contribution in [3.63, 3.8) is 0 Å². The van der Waals surface area contributed by atoms with Crippen LogP contribution in [0.15, 0.2) is 0 Å². The molecule has 1 unspecified atom stereocenters. The molecule has 3 saturated heterocycles. The fraction of sp³-hybridized carbons (Fsp3) is 0.867. The van der Waals surface area contributed by atoms with Crippen LogP contribution in [0.1, 0.15) is 12.8 Å². The van der Waals surface area contributed by atoms with Gasteiger partial charge >= 0.3 is 12.1 Å². The number of nitrogens with zero attached hydrogens (tertiary/aromatic N) is 3. The molecule has 8 nitrogen and oxygen atoms in total. The highest BCUT2D eigenvalue weighted by Gasteiger charge is 2.32. The molecule has 3 rings (SSSR count). The van der Waals surface area contributed by atoms with E-state index < -0.39 is 0 Å². The van der Waals surface area contributed by atoms with Crippen molar-refractivity contribution in [3.05, 3.63) is 0 Å². The average Bonchev–Trinajstić information content (AvgIpc) is 3.02. The van der Waals surface area contributed by atoms with E-state index in [1.54, 1.807) is 0 Å². The molecule has 0 aromatic rings. The lowest BCUT2D eigenvalue weighted by molar-refractivity contribution is 0.0385. The molecule has 0 aromatic heterocycles. The molecule has 0 saturated carbocycles. The summed E-state index contributed by atoms with van der Waals surface area (Å²) in [6.45, 7) is 7.81. The second-order valence-electron chi connectivity index (χ2n) is 6.35. The second-order valence-corrected chi connectivity index (χ2v) is 6.35. The molecule has 1 atom stereocenters. The van der Waals surface area contributed by atoms with Gasteiger partial charge in [-0.2, -0.15) is 0 Å². The van der Waals surface area contributed by atoms with E-state index in [4.69, 9.17) is 4.74 Å². The lowest BCUT2D eigenvalue weighted by atomic mass is 10.0. The van der Waals surface area contributed by atoms with E-state index in [0.29, 0.717) is 19.6 Å². The summed E-state index contributed by atoms with van der Waals surface area (Å²) in [5, 5.41) is 5.84. The third kappa shape index (κ3) is 4.26. The number of carbonyl (C=O) groups is 2. The van der Waals surface area contributed by atoms with Gasteiger partial charge in [0.05, 0.1) is 19.3 Å². The second kappa shape index (κ2) is 7.83. The lowest BCUT2D eigenvalue weighted by Crippen LogP contribution is -2.53. The van der Waals surface area contributed by atoms with Gasteiger partial charge in [-0.05, 0) is 12.8 Å². The van der Waals surface area contributed by atoms with Gasteiger partial charge in [0.1, 0.15) is 0 Å². The number of piperidine rings is 1. The Kier molecular flexibility index (Phi) is 5.56. The number of urea groups is 2. The van der Waals surface area contributed by atoms with Crippen molar-refractivity contribution in [1.29, 1.82) is 0 Å². The van der Waals surface area contributed by atoms with Gasteiger partial charge in [-0.15, -0.1) is 0 Å². The number of amides is 4. The van der Waals surface area contributed by atoms with Crippen LogP contribution in [-0.2, 0) is 4.74 Å². The van der Waals surface area contributed by atoms with Gasteiger partial charge in [0.2, 0.25) is 0 Å². The number of rotatable bonds is 4. The molecule has 0 spiro atoms. The fourth-order valence-electron chi connectivity index (χ4n) is 3.49. The van der Waals surface area contributed by atoms with Crippen molar-refractivity contribution in [2.45, 2.75) is 18.9 Å². The van der Waals surface area contributed by atoms with Crippen molar-refractivity contribution in [2.75, 3.05) is 65.6 Å². The summed E-state index contributed by atoms with van der Waals surface area (Å²) in [6, 6.07) is 0.142. The van der Waals surface area contributed by atoms with Crippen molar-refractivity contribution in [2.24, 2.45) is 0 Å². The first kappa shape index (κ1) is 16.3. The predicted octanol–water partition coefficient (Wildman–Crippen LogP) is -0.482. The minimum absolute atomic E-state index is 0.00424. The van der Waals surface area contributed by atoms with E-state index in [9.17, 15) is 9.59 Å². The van der Waals surface area contributed by atoms with Gasteiger partial charge in [-0.1, -0.05) is 0 Å². The largest absolute Gasteiger partial charge is 0.379 e. The summed E-state index contributed by atoms with van der Waals surface area (Å²) in [4.78, 5) is 30.1. The van der Waals surface area contributed by atoms with Crippen LogP contribution in [0.2, 0.25) is 0 Å². The molecule has 3 heterocycles. The Morgan fingerprint density at radius 2 is 2.09 bits per heavy atom. The molecule has 2 N–H and O–H groups in total. The molecule has 8 heteroatoms. The van der Waals surface area contributed by atoms with Crippen LogP contribution in [0.5, 0.6) is 0 Å². The number of nitrogens with one attached hydrogen (secondary N) is 2. The quantitative estimate of drug-likeness (QED) is 0.732. The smallest absolute Gasteiger partial charge is 0.317 e. The first-order valence-electron chi connectivity index (χ1n) is 8.61. The molecule has 130 valence electrons.